The summed E-state index contributed by atoms with van der Waals surface area (Å²) in [5.74, 6) is -1.74. The van der Waals surface area contributed by atoms with Gasteiger partial charge in [0.15, 0.2) is 0 Å². The summed E-state index contributed by atoms with van der Waals surface area (Å²) in [6, 6.07) is 7.44. The van der Waals surface area contributed by atoms with Crippen LogP contribution >= 0.6 is 15.9 Å². The highest BCUT2D eigenvalue weighted by Crippen LogP contribution is 2.25. The molecule has 0 aliphatic heterocycles. The van der Waals surface area contributed by atoms with Crippen LogP contribution in [0.15, 0.2) is 40.9 Å². The van der Waals surface area contributed by atoms with Crippen LogP contribution in [0.1, 0.15) is 18.5 Å². The van der Waals surface area contributed by atoms with Gasteiger partial charge < -0.3 is 5.32 Å². The minimum absolute atomic E-state index is 0.135. The number of anilines is 1. The van der Waals surface area contributed by atoms with Gasteiger partial charge in [0.25, 0.3) is 0 Å². The number of nitrogens with one attached hydrogen (secondary N) is 1. The van der Waals surface area contributed by atoms with Crippen LogP contribution in [0.2, 0.25) is 0 Å². The fourth-order valence-corrected chi connectivity index (χ4v) is 2.10. The Kier molecular flexibility index (Phi) is 4.14. The average Bonchev–Trinajstić information content (AvgIpc) is 2.32. The number of hydrogen-bond acceptors (Lipinski definition) is 1. The van der Waals surface area contributed by atoms with Crippen molar-refractivity contribution in [1.29, 1.82) is 0 Å². The topological polar surface area (TPSA) is 12.0 Å². The molecule has 0 spiro atoms. The number of benzene rings is 2. The van der Waals surface area contributed by atoms with E-state index in [2.05, 4.69) is 21.2 Å². The number of rotatable bonds is 3. The Morgan fingerprint density at radius 3 is 2.37 bits per heavy atom. The van der Waals surface area contributed by atoms with Crippen LogP contribution in [-0.2, 0) is 0 Å². The summed E-state index contributed by atoms with van der Waals surface area (Å²) in [6.07, 6.45) is 0. The highest BCUT2D eigenvalue weighted by atomic mass is 79.9. The Balaban J connectivity index is 2.23. The van der Waals surface area contributed by atoms with E-state index in [1.165, 1.54) is 12.1 Å². The predicted octanol–water partition coefficient (Wildman–Crippen LogP) is 5.04. The normalized spacial score (nSPS) is 12.3. The van der Waals surface area contributed by atoms with Crippen LogP contribution in [0.5, 0.6) is 0 Å². The first kappa shape index (κ1) is 13.9. The van der Waals surface area contributed by atoms with Crippen molar-refractivity contribution in [3.63, 3.8) is 0 Å². The van der Waals surface area contributed by atoms with Crippen LogP contribution in [0.4, 0.5) is 18.9 Å². The molecule has 0 bridgehead atoms. The number of halogens is 4. The zero-order chi connectivity index (χ0) is 14.0. The molecular weight excluding hydrogens is 319 g/mol. The standard InChI is InChI=1S/C14H11BrF3N/c1-8(11-4-2-9(15)6-12(11)17)19-14-5-3-10(16)7-13(14)18/h2-8,19H,1H3. The molecule has 19 heavy (non-hydrogen) atoms. The third-order valence-electron chi connectivity index (χ3n) is 2.73. The van der Waals surface area contributed by atoms with Crippen LogP contribution < -0.4 is 5.32 Å². The average molecular weight is 330 g/mol. The smallest absolute Gasteiger partial charge is 0.149 e. The zero-order valence-electron chi connectivity index (χ0n) is 10.1. The molecule has 0 aliphatic rings. The molecule has 1 nitrogen and oxygen atoms in total. The van der Waals surface area contributed by atoms with Crippen LogP contribution in [0, 0.1) is 17.5 Å². The monoisotopic (exact) mass is 329 g/mol. The Hall–Kier alpha value is -1.49. The summed E-state index contributed by atoms with van der Waals surface area (Å²) in [5.41, 5.74) is 0.545. The van der Waals surface area contributed by atoms with Crippen molar-refractivity contribution in [3.8, 4) is 0 Å². The third-order valence-corrected chi connectivity index (χ3v) is 3.23. The van der Waals surface area contributed by atoms with Gasteiger partial charge in [0.2, 0.25) is 0 Å². The van der Waals surface area contributed by atoms with Gasteiger partial charge in [-0.3, -0.25) is 0 Å². The first-order valence-corrected chi connectivity index (χ1v) is 6.43. The molecule has 0 amide bonds. The van der Waals surface area contributed by atoms with E-state index in [1.54, 1.807) is 19.1 Å². The molecule has 1 N–H and O–H groups in total. The van der Waals surface area contributed by atoms with E-state index in [0.717, 1.165) is 12.1 Å². The molecule has 0 aliphatic carbocycles. The van der Waals surface area contributed by atoms with E-state index in [-0.39, 0.29) is 5.69 Å². The Morgan fingerprint density at radius 2 is 1.74 bits per heavy atom. The second kappa shape index (κ2) is 5.65. The molecule has 0 aromatic heterocycles. The van der Waals surface area contributed by atoms with Gasteiger partial charge in [-0.1, -0.05) is 22.0 Å². The predicted molar refractivity (Wildman–Crippen MR) is 72.5 cm³/mol. The molecule has 1 atom stereocenters. The first-order chi connectivity index (χ1) is 8.97. The van der Waals surface area contributed by atoms with Crippen molar-refractivity contribution in [2.24, 2.45) is 0 Å². The van der Waals surface area contributed by atoms with Crippen LogP contribution in [0.25, 0.3) is 0 Å². The molecule has 0 fully saturated rings. The van der Waals surface area contributed by atoms with E-state index < -0.39 is 23.5 Å². The highest BCUT2D eigenvalue weighted by molar-refractivity contribution is 9.10. The summed E-state index contributed by atoms with van der Waals surface area (Å²) in [6.45, 7) is 1.70. The van der Waals surface area contributed by atoms with Crippen LogP contribution in [0.3, 0.4) is 0 Å². The van der Waals surface area contributed by atoms with Gasteiger partial charge in [-0.25, -0.2) is 13.2 Å². The second-order valence-corrected chi connectivity index (χ2v) is 5.07. The molecule has 100 valence electrons. The summed E-state index contributed by atoms with van der Waals surface area (Å²) >= 11 is 3.17. The lowest BCUT2D eigenvalue weighted by molar-refractivity contribution is 0.580. The van der Waals surface area contributed by atoms with Gasteiger partial charge in [-0.15, -0.1) is 0 Å². The van der Waals surface area contributed by atoms with E-state index >= 15 is 0 Å². The summed E-state index contributed by atoms with van der Waals surface area (Å²) in [7, 11) is 0. The summed E-state index contributed by atoms with van der Waals surface area (Å²) in [5, 5.41) is 2.82. The Morgan fingerprint density at radius 1 is 1.00 bits per heavy atom. The van der Waals surface area contributed by atoms with Crippen molar-refractivity contribution in [2.45, 2.75) is 13.0 Å². The largest absolute Gasteiger partial charge is 0.376 e. The van der Waals surface area contributed by atoms with Gasteiger partial charge in [-0.05, 0) is 31.2 Å². The van der Waals surface area contributed by atoms with Gasteiger partial charge >= 0.3 is 0 Å². The maximum Gasteiger partial charge on any atom is 0.149 e. The first-order valence-electron chi connectivity index (χ1n) is 5.64. The molecule has 2 aromatic carbocycles. The second-order valence-electron chi connectivity index (χ2n) is 4.16. The van der Waals surface area contributed by atoms with Crippen LogP contribution in [-0.4, -0.2) is 0 Å². The quantitative estimate of drug-likeness (QED) is 0.831. The zero-order valence-corrected chi connectivity index (χ0v) is 11.6. The minimum Gasteiger partial charge on any atom is -0.376 e. The number of hydrogen-bond donors (Lipinski definition) is 1. The third kappa shape index (κ3) is 3.29. The van der Waals surface area contributed by atoms with Crippen molar-refractivity contribution in [2.75, 3.05) is 5.32 Å². The van der Waals surface area contributed by atoms with Crippen molar-refractivity contribution in [3.05, 3.63) is 63.9 Å². The molecule has 5 heteroatoms. The minimum atomic E-state index is -0.704. The molecule has 1 unspecified atom stereocenters. The maximum absolute atomic E-state index is 13.7. The molecule has 2 aromatic rings. The van der Waals surface area contributed by atoms with Gasteiger partial charge in [0.1, 0.15) is 17.5 Å². The molecule has 0 radical (unpaired) electrons. The SMILES string of the molecule is CC(Nc1ccc(F)cc1F)c1ccc(Br)cc1F. The summed E-state index contributed by atoms with van der Waals surface area (Å²) < 4.78 is 40.6. The Labute approximate surface area is 117 Å². The van der Waals surface area contributed by atoms with Gasteiger partial charge in [0.05, 0.1) is 11.7 Å². The van der Waals surface area contributed by atoms with E-state index in [1.807, 2.05) is 0 Å². The van der Waals surface area contributed by atoms with Crippen molar-refractivity contribution in [1.82, 2.24) is 0 Å². The lowest BCUT2D eigenvalue weighted by Gasteiger charge is -2.17. The summed E-state index contributed by atoms with van der Waals surface area (Å²) in [4.78, 5) is 0. The van der Waals surface area contributed by atoms with E-state index in [9.17, 15) is 13.2 Å². The highest BCUT2D eigenvalue weighted by Gasteiger charge is 2.13. The van der Waals surface area contributed by atoms with Crippen molar-refractivity contribution < 1.29 is 13.2 Å². The maximum atomic E-state index is 13.7. The van der Waals surface area contributed by atoms with E-state index in [0.29, 0.717) is 10.0 Å². The molecule has 2 rings (SSSR count). The van der Waals surface area contributed by atoms with Gasteiger partial charge in [-0.2, -0.15) is 0 Å². The lowest BCUT2D eigenvalue weighted by atomic mass is 10.1. The molecule has 0 saturated heterocycles. The van der Waals surface area contributed by atoms with Crippen molar-refractivity contribution >= 4 is 21.6 Å². The van der Waals surface area contributed by atoms with E-state index in [4.69, 9.17) is 0 Å². The lowest BCUT2D eigenvalue weighted by Crippen LogP contribution is -2.10. The molecule has 0 saturated carbocycles. The van der Waals surface area contributed by atoms with Gasteiger partial charge in [0, 0.05) is 16.1 Å². The molecule has 0 heterocycles. The Bertz CT molecular complexity index is 601. The fourth-order valence-electron chi connectivity index (χ4n) is 1.77. The fraction of sp³-hybridized carbons (Fsp3) is 0.143. The molecular formula is C14H11BrF3N.